The van der Waals surface area contributed by atoms with Gasteiger partial charge in [0.2, 0.25) is 5.89 Å². The second-order valence-corrected chi connectivity index (χ2v) is 5.33. The van der Waals surface area contributed by atoms with Crippen molar-refractivity contribution in [3.05, 3.63) is 11.7 Å². The molecule has 2 aliphatic carbocycles. The maximum atomic E-state index is 5.88. The molecule has 3 rings (SSSR count). The Hall–Kier alpha value is -0.940. The third kappa shape index (κ3) is 1.98. The molecule has 0 spiro atoms. The number of ether oxygens (including phenoxy) is 1. The van der Waals surface area contributed by atoms with Crippen molar-refractivity contribution in [1.82, 2.24) is 10.1 Å². The highest BCUT2D eigenvalue weighted by molar-refractivity contribution is 5.06. The highest BCUT2D eigenvalue weighted by Gasteiger charge is 2.43. The minimum Gasteiger partial charge on any atom is -0.383 e. The van der Waals surface area contributed by atoms with Crippen LogP contribution in [0.1, 0.15) is 49.4 Å². The smallest absolute Gasteiger partial charge is 0.230 e. The van der Waals surface area contributed by atoms with Gasteiger partial charge in [0, 0.05) is 13.0 Å². The lowest BCUT2D eigenvalue weighted by Crippen LogP contribution is -2.18. The monoisotopic (exact) mass is 237 g/mol. The molecule has 4 atom stereocenters. The molecule has 2 N–H and O–H groups in total. The number of rotatable bonds is 4. The first-order valence-electron chi connectivity index (χ1n) is 6.36. The molecule has 0 aromatic carbocycles. The van der Waals surface area contributed by atoms with Gasteiger partial charge >= 0.3 is 0 Å². The Morgan fingerprint density at radius 2 is 2.35 bits per heavy atom. The first-order chi connectivity index (χ1) is 8.28. The van der Waals surface area contributed by atoms with Crippen molar-refractivity contribution < 1.29 is 9.26 Å². The van der Waals surface area contributed by atoms with Gasteiger partial charge in [-0.05, 0) is 31.1 Å². The van der Waals surface area contributed by atoms with E-state index >= 15 is 0 Å². The average molecular weight is 237 g/mol. The van der Waals surface area contributed by atoms with Crippen LogP contribution in [-0.4, -0.2) is 23.9 Å². The van der Waals surface area contributed by atoms with Crippen LogP contribution in [0.4, 0.5) is 0 Å². The van der Waals surface area contributed by atoms with Crippen LogP contribution in [0.25, 0.3) is 0 Å². The van der Waals surface area contributed by atoms with E-state index in [9.17, 15) is 0 Å². The molecule has 4 unspecified atom stereocenters. The van der Waals surface area contributed by atoms with Crippen LogP contribution in [0.15, 0.2) is 4.52 Å². The van der Waals surface area contributed by atoms with Crippen LogP contribution in [0.2, 0.25) is 0 Å². The van der Waals surface area contributed by atoms with E-state index in [4.69, 9.17) is 15.0 Å². The quantitative estimate of drug-likeness (QED) is 0.861. The van der Waals surface area contributed by atoms with Crippen molar-refractivity contribution in [2.45, 2.75) is 37.6 Å². The third-order valence-electron chi connectivity index (χ3n) is 4.19. The summed E-state index contributed by atoms with van der Waals surface area (Å²) in [5, 5.41) is 3.97. The summed E-state index contributed by atoms with van der Waals surface area (Å²) >= 11 is 0. The van der Waals surface area contributed by atoms with Gasteiger partial charge in [-0.3, -0.25) is 0 Å². The fourth-order valence-corrected chi connectivity index (χ4v) is 3.35. The Bertz CT molecular complexity index is 393. The number of methoxy groups -OCH3 is 1. The van der Waals surface area contributed by atoms with Gasteiger partial charge in [0.15, 0.2) is 5.82 Å². The van der Waals surface area contributed by atoms with Gasteiger partial charge in [-0.2, -0.15) is 4.98 Å². The average Bonchev–Trinajstić information content (AvgIpc) is 3.05. The lowest BCUT2D eigenvalue weighted by atomic mass is 9.89. The van der Waals surface area contributed by atoms with Crippen molar-refractivity contribution in [2.24, 2.45) is 17.6 Å². The van der Waals surface area contributed by atoms with Gasteiger partial charge in [-0.25, -0.2) is 0 Å². The summed E-state index contributed by atoms with van der Waals surface area (Å²) in [6.07, 6.45) is 5.25. The van der Waals surface area contributed by atoms with E-state index in [2.05, 4.69) is 10.1 Å². The van der Waals surface area contributed by atoms with Crippen LogP contribution in [0.3, 0.4) is 0 Å². The van der Waals surface area contributed by atoms with Gasteiger partial charge < -0.3 is 15.0 Å². The van der Waals surface area contributed by atoms with E-state index < -0.39 is 0 Å². The molecule has 94 valence electrons. The predicted molar refractivity (Wildman–Crippen MR) is 61.3 cm³/mol. The first kappa shape index (κ1) is 11.2. The molecule has 0 aliphatic heterocycles. The number of hydrogen-bond acceptors (Lipinski definition) is 5. The van der Waals surface area contributed by atoms with Gasteiger partial charge in [-0.15, -0.1) is 0 Å². The topological polar surface area (TPSA) is 74.2 Å². The maximum Gasteiger partial charge on any atom is 0.230 e. The van der Waals surface area contributed by atoms with Crippen molar-refractivity contribution in [1.29, 1.82) is 0 Å². The molecular formula is C12H19N3O2. The van der Waals surface area contributed by atoms with Gasteiger partial charge in [0.1, 0.15) is 0 Å². The van der Waals surface area contributed by atoms with Crippen LogP contribution < -0.4 is 5.73 Å². The Balaban J connectivity index is 1.72. The van der Waals surface area contributed by atoms with Crippen molar-refractivity contribution >= 4 is 0 Å². The second-order valence-electron chi connectivity index (χ2n) is 5.33. The van der Waals surface area contributed by atoms with E-state index in [1.54, 1.807) is 7.11 Å². The van der Waals surface area contributed by atoms with Gasteiger partial charge in [-0.1, -0.05) is 11.6 Å². The Kier molecular flexibility index (Phi) is 2.88. The summed E-state index contributed by atoms with van der Waals surface area (Å²) in [6.45, 7) is 0.426. The maximum absolute atomic E-state index is 5.88. The van der Waals surface area contributed by atoms with Crippen molar-refractivity contribution in [2.75, 3.05) is 13.7 Å². The summed E-state index contributed by atoms with van der Waals surface area (Å²) in [5.41, 5.74) is 5.88. The van der Waals surface area contributed by atoms with Crippen LogP contribution in [-0.2, 0) is 4.74 Å². The van der Waals surface area contributed by atoms with E-state index in [0.29, 0.717) is 18.3 Å². The molecule has 1 aromatic rings. The molecule has 5 nitrogen and oxygen atoms in total. The summed E-state index contributed by atoms with van der Waals surface area (Å²) < 4.78 is 10.4. The molecule has 1 aromatic heterocycles. The highest BCUT2D eigenvalue weighted by atomic mass is 16.5. The zero-order valence-electron chi connectivity index (χ0n) is 10.1. The van der Waals surface area contributed by atoms with E-state index in [1.165, 1.54) is 25.7 Å². The predicted octanol–water partition coefficient (Wildman–Crippen LogP) is 1.62. The van der Waals surface area contributed by atoms with Gasteiger partial charge in [0.05, 0.1) is 12.6 Å². The fraction of sp³-hybridized carbons (Fsp3) is 0.833. The van der Waals surface area contributed by atoms with Crippen LogP contribution >= 0.6 is 0 Å². The van der Waals surface area contributed by atoms with E-state index in [-0.39, 0.29) is 6.04 Å². The number of nitrogens with zero attached hydrogens (tertiary/aromatic N) is 2. The lowest BCUT2D eigenvalue weighted by molar-refractivity contribution is 0.177. The highest BCUT2D eigenvalue weighted by Crippen LogP contribution is 2.52. The first-order valence-corrected chi connectivity index (χ1v) is 6.36. The number of hydrogen-bond donors (Lipinski definition) is 1. The Labute approximate surface area is 101 Å². The van der Waals surface area contributed by atoms with E-state index in [1.807, 2.05) is 0 Å². The normalized spacial score (nSPS) is 33.2. The number of fused-ring (bicyclic) bond motifs is 2. The molecular weight excluding hydrogens is 218 g/mol. The SMILES string of the molecule is COCC(N)c1noc(C2CC3CCC2C3)n1. The molecule has 2 bridgehead atoms. The zero-order chi connectivity index (χ0) is 11.8. The fourth-order valence-electron chi connectivity index (χ4n) is 3.35. The molecule has 1 heterocycles. The molecule has 0 amide bonds. The molecule has 2 aliphatic rings. The standard InChI is InChI=1S/C12H19N3O2/c1-16-6-10(13)11-14-12(17-15-11)9-5-7-2-3-8(9)4-7/h7-10H,2-6,13H2,1H3. The molecule has 2 fully saturated rings. The number of aromatic nitrogens is 2. The summed E-state index contributed by atoms with van der Waals surface area (Å²) in [6, 6.07) is -0.281. The summed E-state index contributed by atoms with van der Waals surface area (Å²) in [4.78, 5) is 4.45. The minimum absolute atomic E-state index is 0.281. The summed E-state index contributed by atoms with van der Waals surface area (Å²) in [7, 11) is 1.62. The number of nitrogens with two attached hydrogens (primary N) is 1. The molecule has 5 heteroatoms. The molecule has 17 heavy (non-hydrogen) atoms. The second kappa shape index (κ2) is 4.38. The molecule has 0 saturated heterocycles. The van der Waals surface area contributed by atoms with Crippen molar-refractivity contribution in [3.63, 3.8) is 0 Å². The van der Waals surface area contributed by atoms with Crippen LogP contribution in [0.5, 0.6) is 0 Å². The molecule has 2 saturated carbocycles. The van der Waals surface area contributed by atoms with Crippen LogP contribution in [0, 0.1) is 11.8 Å². The van der Waals surface area contributed by atoms with E-state index in [0.717, 1.165) is 17.7 Å². The van der Waals surface area contributed by atoms with Crippen molar-refractivity contribution in [3.8, 4) is 0 Å². The van der Waals surface area contributed by atoms with Gasteiger partial charge in [0.25, 0.3) is 0 Å². The lowest BCUT2D eigenvalue weighted by Gasteiger charge is -2.17. The molecule has 0 radical (unpaired) electrons. The zero-order valence-corrected chi connectivity index (χ0v) is 10.1. The summed E-state index contributed by atoms with van der Waals surface area (Å²) in [5.74, 6) is 3.48. The Morgan fingerprint density at radius 3 is 3.00 bits per heavy atom. The largest absolute Gasteiger partial charge is 0.383 e. The minimum atomic E-state index is -0.281. The third-order valence-corrected chi connectivity index (χ3v) is 4.19. The Morgan fingerprint density at radius 1 is 1.47 bits per heavy atom.